The van der Waals surface area contributed by atoms with Crippen LogP contribution >= 0.6 is 0 Å². The highest BCUT2D eigenvalue weighted by Gasteiger charge is 2.28. The van der Waals surface area contributed by atoms with Gasteiger partial charge in [0.05, 0.1) is 6.61 Å². The van der Waals surface area contributed by atoms with E-state index in [2.05, 4.69) is 66.8 Å². The molecule has 0 saturated heterocycles. The zero-order chi connectivity index (χ0) is 14.5. The maximum Gasteiger partial charge on any atom is 0.122 e. The third-order valence-electron chi connectivity index (χ3n) is 4.26. The van der Waals surface area contributed by atoms with Gasteiger partial charge < -0.3 is 10.1 Å². The summed E-state index contributed by atoms with van der Waals surface area (Å²) in [6, 6.07) is 19.7. The van der Waals surface area contributed by atoms with Gasteiger partial charge in [0.2, 0.25) is 0 Å². The number of likely N-dealkylation sites (N-methyl/N-ethyl adjacent to an activating group) is 1. The Bertz CT molecular complexity index is 567. The third kappa shape index (κ3) is 3.27. The smallest absolute Gasteiger partial charge is 0.122 e. The summed E-state index contributed by atoms with van der Waals surface area (Å²) in [5.74, 6) is 1.58. The molecule has 2 heteroatoms. The first-order valence-corrected chi connectivity index (χ1v) is 7.87. The molecule has 0 radical (unpaired) electrons. The second kappa shape index (κ2) is 6.77. The molecule has 2 atom stereocenters. The van der Waals surface area contributed by atoms with Crippen molar-refractivity contribution < 1.29 is 4.74 Å². The van der Waals surface area contributed by atoms with Gasteiger partial charge in [-0.15, -0.1) is 0 Å². The molecular weight excluding hydrogens is 258 g/mol. The summed E-state index contributed by atoms with van der Waals surface area (Å²) in [6.45, 7) is 4.00. The van der Waals surface area contributed by atoms with Crippen LogP contribution in [0.25, 0.3) is 0 Å². The van der Waals surface area contributed by atoms with Gasteiger partial charge in [-0.05, 0) is 36.6 Å². The molecule has 0 amide bonds. The molecule has 2 aromatic carbocycles. The molecule has 110 valence electrons. The number of rotatable bonds is 5. The summed E-state index contributed by atoms with van der Waals surface area (Å²) in [5, 5.41) is 3.69. The van der Waals surface area contributed by atoms with Crippen molar-refractivity contribution >= 4 is 0 Å². The largest absolute Gasteiger partial charge is 0.493 e. The summed E-state index contributed by atoms with van der Waals surface area (Å²) < 4.78 is 5.80. The first-order chi connectivity index (χ1) is 10.4. The normalized spacial score (nSPS) is 18.6. The lowest BCUT2D eigenvalue weighted by Gasteiger charge is -2.33. The van der Waals surface area contributed by atoms with Crippen molar-refractivity contribution in [2.24, 2.45) is 0 Å². The first kappa shape index (κ1) is 14.2. The van der Waals surface area contributed by atoms with Gasteiger partial charge in [0, 0.05) is 12.0 Å². The number of benzene rings is 2. The van der Waals surface area contributed by atoms with Gasteiger partial charge in [0.15, 0.2) is 0 Å². The quantitative estimate of drug-likeness (QED) is 0.900. The van der Waals surface area contributed by atoms with Crippen LogP contribution < -0.4 is 10.1 Å². The van der Waals surface area contributed by atoms with E-state index in [4.69, 9.17) is 4.74 Å². The topological polar surface area (TPSA) is 21.3 Å². The van der Waals surface area contributed by atoms with Crippen LogP contribution in [0.3, 0.4) is 0 Å². The summed E-state index contributed by atoms with van der Waals surface area (Å²) >= 11 is 0. The molecule has 2 aromatic rings. The van der Waals surface area contributed by atoms with Crippen LogP contribution in [-0.4, -0.2) is 19.2 Å². The molecular formula is C19H23NO. The molecule has 21 heavy (non-hydrogen) atoms. The van der Waals surface area contributed by atoms with Gasteiger partial charge in [-0.1, -0.05) is 55.5 Å². The summed E-state index contributed by atoms with van der Waals surface area (Å²) in [4.78, 5) is 0. The lowest BCUT2D eigenvalue weighted by atomic mass is 9.83. The van der Waals surface area contributed by atoms with E-state index in [0.29, 0.717) is 12.0 Å². The van der Waals surface area contributed by atoms with Crippen molar-refractivity contribution in [3.63, 3.8) is 0 Å². The second-order valence-corrected chi connectivity index (χ2v) is 5.64. The van der Waals surface area contributed by atoms with E-state index in [1.807, 2.05) is 0 Å². The molecule has 0 fully saturated rings. The monoisotopic (exact) mass is 281 g/mol. The first-order valence-electron chi connectivity index (χ1n) is 7.87. The van der Waals surface area contributed by atoms with E-state index in [0.717, 1.165) is 31.7 Å². The summed E-state index contributed by atoms with van der Waals surface area (Å²) in [5.41, 5.74) is 2.75. The molecule has 0 aromatic heterocycles. The van der Waals surface area contributed by atoms with E-state index in [9.17, 15) is 0 Å². The Morgan fingerprint density at radius 3 is 2.67 bits per heavy atom. The SMILES string of the molecule is CCNC(Cc1ccccc1)C1CCOc2ccccc21. The second-order valence-electron chi connectivity index (χ2n) is 5.64. The van der Waals surface area contributed by atoms with Gasteiger partial charge >= 0.3 is 0 Å². The maximum atomic E-state index is 5.80. The highest BCUT2D eigenvalue weighted by molar-refractivity contribution is 5.39. The van der Waals surface area contributed by atoms with Crippen molar-refractivity contribution in [1.82, 2.24) is 5.32 Å². The number of ether oxygens (including phenoxy) is 1. The molecule has 1 N–H and O–H groups in total. The van der Waals surface area contributed by atoms with E-state index < -0.39 is 0 Å². The molecule has 0 aliphatic carbocycles. The van der Waals surface area contributed by atoms with Gasteiger partial charge in [-0.3, -0.25) is 0 Å². The minimum Gasteiger partial charge on any atom is -0.493 e. The van der Waals surface area contributed by atoms with E-state index in [1.165, 1.54) is 11.1 Å². The molecule has 0 bridgehead atoms. The molecule has 0 saturated carbocycles. The Balaban J connectivity index is 1.84. The number of hydrogen-bond acceptors (Lipinski definition) is 2. The Morgan fingerprint density at radius 1 is 1.10 bits per heavy atom. The van der Waals surface area contributed by atoms with Gasteiger partial charge in [0.1, 0.15) is 5.75 Å². The molecule has 0 spiro atoms. The predicted octanol–water partition coefficient (Wildman–Crippen LogP) is 3.77. The Kier molecular flexibility index (Phi) is 4.56. The minimum absolute atomic E-state index is 0.461. The van der Waals surface area contributed by atoms with E-state index in [1.54, 1.807) is 0 Å². The Morgan fingerprint density at radius 2 is 1.86 bits per heavy atom. The number of para-hydroxylation sites is 1. The Hall–Kier alpha value is -1.80. The number of hydrogen-bond donors (Lipinski definition) is 1. The van der Waals surface area contributed by atoms with Crippen LogP contribution in [0.2, 0.25) is 0 Å². The van der Waals surface area contributed by atoms with Crippen LogP contribution in [0.4, 0.5) is 0 Å². The summed E-state index contributed by atoms with van der Waals surface area (Å²) in [7, 11) is 0. The molecule has 2 unspecified atom stereocenters. The zero-order valence-corrected chi connectivity index (χ0v) is 12.6. The molecule has 1 heterocycles. The lowest BCUT2D eigenvalue weighted by molar-refractivity contribution is 0.245. The maximum absolute atomic E-state index is 5.80. The molecule has 2 nitrogen and oxygen atoms in total. The van der Waals surface area contributed by atoms with Crippen molar-refractivity contribution in [2.75, 3.05) is 13.2 Å². The average Bonchev–Trinajstić information content (AvgIpc) is 2.55. The van der Waals surface area contributed by atoms with Crippen molar-refractivity contribution in [1.29, 1.82) is 0 Å². The average molecular weight is 281 g/mol. The van der Waals surface area contributed by atoms with Crippen molar-refractivity contribution in [2.45, 2.75) is 31.7 Å². The van der Waals surface area contributed by atoms with E-state index >= 15 is 0 Å². The van der Waals surface area contributed by atoms with Crippen LogP contribution in [0.1, 0.15) is 30.4 Å². The molecule has 3 rings (SSSR count). The van der Waals surface area contributed by atoms with Gasteiger partial charge in [0.25, 0.3) is 0 Å². The highest BCUT2D eigenvalue weighted by atomic mass is 16.5. The lowest BCUT2D eigenvalue weighted by Crippen LogP contribution is -2.38. The molecule has 1 aliphatic rings. The standard InChI is InChI=1S/C19H23NO/c1-2-20-18(14-15-8-4-3-5-9-15)16-12-13-21-19-11-7-6-10-17(16)19/h3-11,16,18,20H,2,12-14H2,1H3. The highest BCUT2D eigenvalue weighted by Crippen LogP contribution is 2.36. The van der Waals surface area contributed by atoms with Crippen molar-refractivity contribution in [3.8, 4) is 5.75 Å². The number of nitrogens with one attached hydrogen (secondary N) is 1. The Labute approximate surface area is 127 Å². The fourth-order valence-corrected chi connectivity index (χ4v) is 3.27. The number of fused-ring (bicyclic) bond motifs is 1. The minimum atomic E-state index is 0.461. The fourth-order valence-electron chi connectivity index (χ4n) is 3.27. The van der Waals surface area contributed by atoms with Gasteiger partial charge in [-0.2, -0.15) is 0 Å². The van der Waals surface area contributed by atoms with Crippen molar-refractivity contribution in [3.05, 3.63) is 65.7 Å². The third-order valence-corrected chi connectivity index (χ3v) is 4.26. The van der Waals surface area contributed by atoms with Crippen LogP contribution in [-0.2, 0) is 6.42 Å². The van der Waals surface area contributed by atoms with Gasteiger partial charge in [-0.25, -0.2) is 0 Å². The van der Waals surface area contributed by atoms with Crippen LogP contribution in [0, 0.1) is 0 Å². The zero-order valence-electron chi connectivity index (χ0n) is 12.6. The fraction of sp³-hybridized carbons (Fsp3) is 0.368. The molecule has 1 aliphatic heterocycles. The summed E-state index contributed by atoms with van der Waals surface area (Å²) in [6.07, 6.45) is 2.15. The predicted molar refractivity (Wildman–Crippen MR) is 86.9 cm³/mol. The van der Waals surface area contributed by atoms with Crippen LogP contribution in [0.15, 0.2) is 54.6 Å². The van der Waals surface area contributed by atoms with Crippen LogP contribution in [0.5, 0.6) is 5.75 Å². The van der Waals surface area contributed by atoms with E-state index in [-0.39, 0.29) is 0 Å².